The average molecular weight is 328 g/mol. The Labute approximate surface area is 133 Å². The molecule has 0 unspecified atom stereocenters. The topological polar surface area (TPSA) is 81.6 Å². The molecule has 1 aromatic heterocycles. The van der Waals surface area contributed by atoms with Crippen LogP contribution in [0, 0.1) is 5.41 Å². The molecular formula is C14H18ClN3O4. The van der Waals surface area contributed by atoms with E-state index in [4.69, 9.17) is 21.1 Å². The van der Waals surface area contributed by atoms with Crippen LogP contribution in [0.4, 0.5) is 4.79 Å². The quantitative estimate of drug-likeness (QED) is 0.612. The molecule has 0 bridgehead atoms. The smallest absolute Gasteiger partial charge is 0.410 e. The van der Waals surface area contributed by atoms with Gasteiger partial charge in [-0.25, -0.2) is 9.78 Å². The first-order valence-electron chi connectivity index (χ1n) is 6.78. The third-order valence-corrected chi connectivity index (χ3v) is 3.20. The number of hydrogen-bond acceptors (Lipinski definition) is 6. The summed E-state index contributed by atoms with van der Waals surface area (Å²) in [5, 5.41) is -0.000515. The predicted molar refractivity (Wildman–Crippen MR) is 78.6 cm³/mol. The van der Waals surface area contributed by atoms with Crippen molar-refractivity contribution in [2.45, 2.75) is 33.3 Å². The van der Waals surface area contributed by atoms with Crippen molar-refractivity contribution in [2.75, 3.05) is 13.1 Å². The molecule has 0 spiro atoms. The summed E-state index contributed by atoms with van der Waals surface area (Å²) in [7, 11) is 0. The van der Waals surface area contributed by atoms with Crippen LogP contribution in [0.3, 0.4) is 0 Å². The molecule has 0 aliphatic carbocycles. The number of likely N-dealkylation sites (tertiary alicyclic amines) is 1. The summed E-state index contributed by atoms with van der Waals surface area (Å²) in [4.78, 5) is 33.0. The highest BCUT2D eigenvalue weighted by Gasteiger charge is 2.50. The lowest BCUT2D eigenvalue weighted by molar-refractivity contribution is -0.154. The third kappa shape index (κ3) is 3.85. The lowest BCUT2D eigenvalue weighted by atomic mass is 9.82. The fourth-order valence-corrected chi connectivity index (χ4v) is 2.12. The largest absolute Gasteiger partial charge is 0.444 e. The molecule has 1 aliphatic heterocycles. The van der Waals surface area contributed by atoms with Gasteiger partial charge < -0.3 is 14.4 Å². The number of carbonyl (C=O) groups is 2. The van der Waals surface area contributed by atoms with Gasteiger partial charge in [-0.3, -0.25) is 4.79 Å². The van der Waals surface area contributed by atoms with E-state index in [9.17, 15) is 9.59 Å². The number of esters is 1. The van der Waals surface area contributed by atoms with Gasteiger partial charge in [-0.05, 0) is 39.3 Å². The molecule has 1 fully saturated rings. The van der Waals surface area contributed by atoms with E-state index < -0.39 is 23.1 Å². The predicted octanol–water partition coefficient (Wildman–Crippen LogP) is 2.29. The second kappa shape index (κ2) is 5.72. The van der Waals surface area contributed by atoms with Crippen molar-refractivity contribution in [3.05, 3.63) is 17.5 Å². The summed E-state index contributed by atoms with van der Waals surface area (Å²) >= 11 is 5.63. The summed E-state index contributed by atoms with van der Waals surface area (Å²) in [5.41, 5.74) is -1.35. The zero-order chi connectivity index (χ0) is 16.5. The normalized spacial score (nSPS) is 16.7. The first-order chi connectivity index (χ1) is 10.1. The molecule has 1 aliphatic rings. The van der Waals surface area contributed by atoms with E-state index in [-0.39, 0.29) is 24.3 Å². The van der Waals surface area contributed by atoms with Gasteiger partial charge in [0.2, 0.25) is 11.2 Å². The minimum absolute atomic E-state index is 0.000515. The van der Waals surface area contributed by atoms with Crippen molar-refractivity contribution >= 4 is 23.7 Å². The maximum atomic E-state index is 12.2. The molecule has 0 saturated carbocycles. The van der Waals surface area contributed by atoms with Gasteiger partial charge in [0.1, 0.15) is 11.0 Å². The lowest BCUT2D eigenvalue weighted by Gasteiger charge is -2.45. The molecule has 7 nitrogen and oxygen atoms in total. The zero-order valence-electron chi connectivity index (χ0n) is 12.9. The van der Waals surface area contributed by atoms with Gasteiger partial charge >= 0.3 is 12.1 Å². The van der Waals surface area contributed by atoms with Crippen LogP contribution in [0.2, 0.25) is 5.28 Å². The Kier molecular flexibility index (Phi) is 4.28. The number of carbonyl (C=O) groups excluding carboxylic acids is 2. The second-order valence-corrected chi connectivity index (χ2v) is 6.79. The number of halogens is 1. The van der Waals surface area contributed by atoms with E-state index in [1.54, 1.807) is 27.7 Å². The number of ether oxygens (including phenoxy) is 2. The average Bonchev–Trinajstić information content (AvgIpc) is 2.32. The van der Waals surface area contributed by atoms with Crippen LogP contribution >= 0.6 is 11.6 Å². The maximum absolute atomic E-state index is 12.2. The minimum Gasteiger partial charge on any atom is -0.444 e. The highest BCUT2D eigenvalue weighted by molar-refractivity contribution is 6.28. The Morgan fingerprint density at radius 1 is 1.36 bits per heavy atom. The van der Waals surface area contributed by atoms with Gasteiger partial charge in [0.25, 0.3) is 0 Å². The van der Waals surface area contributed by atoms with Crippen LogP contribution in [-0.2, 0) is 9.53 Å². The maximum Gasteiger partial charge on any atom is 0.410 e. The van der Waals surface area contributed by atoms with Gasteiger partial charge in [0, 0.05) is 25.4 Å². The van der Waals surface area contributed by atoms with Crippen molar-refractivity contribution in [3.63, 3.8) is 0 Å². The fourth-order valence-electron chi connectivity index (χ4n) is 1.98. The second-order valence-electron chi connectivity index (χ2n) is 6.45. The fraction of sp³-hybridized carbons (Fsp3) is 0.571. The summed E-state index contributed by atoms with van der Waals surface area (Å²) in [6.45, 7) is 7.56. The lowest BCUT2D eigenvalue weighted by Crippen LogP contribution is -2.62. The first-order valence-corrected chi connectivity index (χ1v) is 7.16. The van der Waals surface area contributed by atoms with Crippen LogP contribution in [0.25, 0.3) is 0 Å². The molecule has 8 heteroatoms. The Balaban J connectivity index is 1.92. The summed E-state index contributed by atoms with van der Waals surface area (Å²) in [5.74, 6) is -0.385. The molecule has 1 amide bonds. The van der Waals surface area contributed by atoms with Crippen LogP contribution in [0.5, 0.6) is 5.88 Å². The van der Waals surface area contributed by atoms with Gasteiger partial charge in [0.05, 0.1) is 0 Å². The Hall–Kier alpha value is -1.89. The molecule has 2 rings (SSSR count). The van der Waals surface area contributed by atoms with Crippen molar-refractivity contribution in [1.29, 1.82) is 0 Å². The highest BCUT2D eigenvalue weighted by atomic mass is 35.5. The van der Waals surface area contributed by atoms with E-state index in [1.165, 1.54) is 17.2 Å². The third-order valence-electron chi connectivity index (χ3n) is 3.02. The van der Waals surface area contributed by atoms with Gasteiger partial charge in [-0.15, -0.1) is 0 Å². The zero-order valence-corrected chi connectivity index (χ0v) is 13.7. The van der Waals surface area contributed by atoms with Crippen molar-refractivity contribution in [2.24, 2.45) is 5.41 Å². The summed E-state index contributed by atoms with van der Waals surface area (Å²) < 4.78 is 10.4. The SMILES string of the molecule is CC(C)(C)OC(=O)N1CC(C)(C(=O)Oc2ccnc(Cl)n2)C1. The molecule has 0 aromatic carbocycles. The van der Waals surface area contributed by atoms with Crippen molar-refractivity contribution in [1.82, 2.24) is 14.9 Å². The highest BCUT2D eigenvalue weighted by Crippen LogP contribution is 2.32. The monoisotopic (exact) mass is 327 g/mol. The van der Waals surface area contributed by atoms with Crippen LogP contribution in [0.15, 0.2) is 12.3 Å². The molecule has 1 saturated heterocycles. The van der Waals surface area contributed by atoms with E-state index in [2.05, 4.69) is 9.97 Å². The summed E-state index contributed by atoms with van der Waals surface area (Å²) in [6, 6.07) is 1.44. The van der Waals surface area contributed by atoms with Crippen molar-refractivity contribution in [3.8, 4) is 5.88 Å². The molecule has 1 aromatic rings. The molecule has 0 atom stereocenters. The Morgan fingerprint density at radius 3 is 2.55 bits per heavy atom. The Morgan fingerprint density at radius 2 is 2.00 bits per heavy atom. The molecule has 2 heterocycles. The summed E-state index contributed by atoms with van der Waals surface area (Å²) in [6.07, 6.45) is 0.955. The Bertz CT molecular complexity index is 594. The molecule has 22 heavy (non-hydrogen) atoms. The van der Waals surface area contributed by atoms with Crippen LogP contribution in [-0.4, -0.2) is 45.6 Å². The number of hydrogen-bond donors (Lipinski definition) is 0. The van der Waals surface area contributed by atoms with E-state index in [0.717, 1.165) is 0 Å². The van der Waals surface area contributed by atoms with Crippen molar-refractivity contribution < 1.29 is 19.1 Å². The minimum atomic E-state index is -0.783. The van der Waals surface area contributed by atoms with Gasteiger partial charge in [-0.1, -0.05) is 0 Å². The number of aromatic nitrogens is 2. The number of rotatable bonds is 2. The van der Waals surface area contributed by atoms with E-state index >= 15 is 0 Å². The molecule has 120 valence electrons. The van der Waals surface area contributed by atoms with E-state index in [0.29, 0.717) is 0 Å². The van der Waals surface area contributed by atoms with E-state index in [1.807, 2.05) is 0 Å². The van der Waals surface area contributed by atoms with Gasteiger partial charge in [-0.2, -0.15) is 4.98 Å². The molecular weight excluding hydrogens is 310 g/mol. The standard InChI is InChI=1S/C14H18ClN3O4/c1-13(2,3)22-12(20)18-7-14(4,8-18)10(19)21-9-5-6-16-11(15)17-9/h5-6H,7-8H2,1-4H3. The number of amides is 1. The van der Waals surface area contributed by atoms with Crippen LogP contribution in [0.1, 0.15) is 27.7 Å². The molecule has 0 radical (unpaired) electrons. The number of nitrogens with zero attached hydrogens (tertiary/aromatic N) is 3. The van der Waals surface area contributed by atoms with Crippen LogP contribution < -0.4 is 4.74 Å². The molecule has 0 N–H and O–H groups in total. The van der Waals surface area contributed by atoms with Gasteiger partial charge in [0.15, 0.2) is 0 Å². The first kappa shape index (κ1) is 16.5.